The van der Waals surface area contributed by atoms with Gasteiger partial charge >= 0.3 is 0 Å². The summed E-state index contributed by atoms with van der Waals surface area (Å²) in [6, 6.07) is 10.3. The third kappa shape index (κ3) is 4.20. The predicted molar refractivity (Wildman–Crippen MR) is 112 cm³/mol. The number of carbonyl (C=O) groups excluding carboxylic acids is 1. The molecule has 2 rings (SSSR count). The molecule has 7 heteroatoms. The largest absolute Gasteiger partial charge is 0.495 e. The molecule has 0 heterocycles. The lowest BCUT2D eigenvalue weighted by Gasteiger charge is -2.22. The highest BCUT2D eigenvalue weighted by molar-refractivity contribution is 7.89. The third-order valence-corrected chi connectivity index (χ3v) is 6.99. The number of nitrogens with zero attached hydrogens (tertiary/aromatic N) is 2. The van der Waals surface area contributed by atoms with Crippen molar-refractivity contribution in [3.63, 3.8) is 0 Å². The Hall–Kier alpha value is -2.38. The van der Waals surface area contributed by atoms with Gasteiger partial charge in [-0.25, -0.2) is 8.42 Å². The summed E-state index contributed by atoms with van der Waals surface area (Å²) in [6.07, 6.45) is 0. The standard InChI is InChI=1S/C21H28N2O4S/c1-7-23(8-2)28(25,26)20-14-17(10-12-19(20)27-6)21(24)22(5)18-11-9-15(3)16(4)13-18/h9-14H,7-8H2,1-6H3. The number of sulfonamides is 1. The van der Waals surface area contributed by atoms with Gasteiger partial charge in [-0.05, 0) is 55.3 Å². The van der Waals surface area contributed by atoms with Gasteiger partial charge in [0.2, 0.25) is 10.0 Å². The topological polar surface area (TPSA) is 66.9 Å². The fraction of sp³-hybridized carbons (Fsp3) is 0.381. The number of carbonyl (C=O) groups is 1. The normalized spacial score (nSPS) is 11.5. The van der Waals surface area contributed by atoms with Crippen LogP contribution in [0.2, 0.25) is 0 Å². The van der Waals surface area contributed by atoms with Crippen molar-refractivity contribution >= 4 is 21.6 Å². The average Bonchev–Trinajstić information content (AvgIpc) is 2.69. The molecule has 0 aromatic heterocycles. The fourth-order valence-corrected chi connectivity index (χ4v) is 4.60. The van der Waals surface area contributed by atoms with Gasteiger partial charge in [0, 0.05) is 31.4 Å². The maximum atomic E-state index is 13.0. The molecule has 28 heavy (non-hydrogen) atoms. The highest BCUT2D eigenvalue weighted by Crippen LogP contribution is 2.29. The summed E-state index contributed by atoms with van der Waals surface area (Å²) in [5.74, 6) is -0.0702. The Bertz CT molecular complexity index is 966. The monoisotopic (exact) mass is 404 g/mol. The van der Waals surface area contributed by atoms with Crippen LogP contribution < -0.4 is 9.64 Å². The van der Waals surface area contributed by atoms with E-state index in [1.165, 1.54) is 28.4 Å². The van der Waals surface area contributed by atoms with E-state index in [0.717, 1.165) is 16.8 Å². The summed E-state index contributed by atoms with van der Waals surface area (Å²) in [7, 11) is -0.673. The number of hydrogen-bond acceptors (Lipinski definition) is 4. The molecular formula is C21H28N2O4S. The van der Waals surface area contributed by atoms with Gasteiger partial charge in [-0.2, -0.15) is 4.31 Å². The number of methoxy groups -OCH3 is 1. The zero-order valence-corrected chi connectivity index (χ0v) is 18.1. The van der Waals surface area contributed by atoms with Crippen molar-refractivity contribution in [2.24, 2.45) is 0 Å². The van der Waals surface area contributed by atoms with Crippen LogP contribution >= 0.6 is 0 Å². The zero-order chi connectivity index (χ0) is 21.1. The predicted octanol–water partition coefficient (Wildman–Crippen LogP) is 3.62. The van der Waals surface area contributed by atoms with Gasteiger partial charge in [0.05, 0.1) is 7.11 Å². The first-order valence-electron chi connectivity index (χ1n) is 9.20. The number of hydrogen-bond donors (Lipinski definition) is 0. The van der Waals surface area contributed by atoms with E-state index in [9.17, 15) is 13.2 Å². The van der Waals surface area contributed by atoms with Crippen molar-refractivity contribution in [1.82, 2.24) is 4.31 Å². The number of rotatable bonds is 7. The Labute approximate surface area is 167 Å². The molecular weight excluding hydrogens is 376 g/mol. The Kier molecular flexibility index (Phi) is 6.85. The molecule has 0 bridgehead atoms. The molecule has 0 saturated carbocycles. The van der Waals surface area contributed by atoms with Gasteiger partial charge in [0.1, 0.15) is 10.6 Å². The van der Waals surface area contributed by atoms with Crippen LogP contribution in [0.3, 0.4) is 0 Å². The summed E-state index contributed by atoms with van der Waals surface area (Å²) in [5.41, 5.74) is 3.25. The second kappa shape index (κ2) is 8.75. The average molecular weight is 405 g/mol. The quantitative estimate of drug-likeness (QED) is 0.707. The van der Waals surface area contributed by atoms with Gasteiger partial charge in [-0.15, -0.1) is 0 Å². The zero-order valence-electron chi connectivity index (χ0n) is 17.3. The van der Waals surface area contributed by atoms with Crippen molar-refractivity contribution in [3.8, 4) is 5.75 Å². The molecule has 0 N–H and O–H groups in total. The van der Waals surface area contributed by atoms with E-state index in [1.54, 1.807) is 27.0 Å². The molecule has 0 radical (unpaired) electrons. The Morgan fingerprint density at radius 2 is 1.64 bits per heavy atom. The number of amides is 1. The van der Waals surface area contributed by atoms with Crippen molar-refractivity contribution < 1.29 is 17.9 Å². The van der Waals surface area contributed by atoms with E-state index in [4.69, 9.17) is 4.74 Å². The van der Waals surface area contributed by atoms with Gasteiger partial charge < -0.3 is 9.64 Å². The summed E-state index contributed by atoms with van der Waals surface area (Å²) in [4.78, 5) is 14.5. The fourth-order valence-electron chi connectivity index (χ4n) is 2.96. The minimum absolute atomic E-state index is 0.00182. The Morgan fingerprint density at radius 1 is 1.00 bits per heavy atom. The Balaban J connectivity index is 2.49. The summed E-state index contributed by atoms with van der Waals surface area (Å²) < 4.78 is 32.6. The van der Waals surface area contributed by atoms with E-state index < -0.39 is 10.0 Å². The second-order valence-electron chi connectivity index (χ2n) is 6.59. The lowest BCUT2D eigenvalue weighted by molar-refractivity contribution is 0.0992. The van der Waals surface area contributed by atoms with Crippen molar-refractivity contribution in [2.75, 3.05) is 32.1 Å². The lowest BCUT2D eigenvalue weighted by Crippen LogP contribution is -2.31. The highest BCUT2D eigenvalue weighted by Gasteiger charge is 2.27. The highest BCUT2D eigenvalue weighted by atomic mass is 32.2. The number of benzene rings is 2. The number of aryl methyl sites for hydroxylation is 2. The van der Waals surface area contributed by atoms with Crippen LogP contribution in [-0.2, 0) is 10.0 Å². The smallest absolute Gasteiger partial charge is 0.258 e. The van der Waals surface area contributed by atoms with E-state index in [0.29, 0.717) is 13.1 Å². The van der Waals surface area contributed by atoms with Crippen molar-refractivity contribution in [1.29, 1.82) is 0 Å². The maximum Gasteiger partial charge on any atom is 0.258 e. The minimum atomic E-state index is -3.77. The van der Waals surface area contributed by atoms with Crippen LogP contribution in [-0.4, -0.2) is 45.9 Å². The Morgan fingerprint density at radius 3 is 2.18 bits per heavy atom. The first-order chi connectivity index (χ1) is 13.2. The van der Waals surface area contributed by atoms with Crippen LogP contribution in [0.1, 0.15) is 35.3 Å². The van der Waals surface area contributed by atoms with E-state index >= 15 is 0 Å². The van der Waals surface area contributed by atoms with Crippen molar-refractivity contribution in [3.05, 3.63) is 53.1 Å². The molecule has 152 valence electrons. The van der Waals surface area contributed by atoms with Gasteiger partial charge in [-0.3, -0.25) is 4.79 Å². The van der Waals surface area contributed by atoms with E-state index in [2.05, 4.69) is 0 Å². The summed E-state index contributed by atoms with van der Waals surface area (Å²) >= 11 is 0. The van der Waals surface area contributed by atoms with Gasteiger partial charge in [-0.1, -0.05) is 19.9 Å². The summed E-state index contributed by atoms with van der Waals surface area (Å²) in [5, 5.41) is 0. The van der Waals surface area contributed by atoms with Crippen LogP contribution in [0, 0.1) is 13.8 Å². The number of anilines is 1. The lowest BCUT2D eigenvalue weighted by atomic mass is 10.1. The van der Waals surface area contributed by atoms with E-state index in [1.807, 2.05) is 32.0 Å². The molecule has 0 aliphatic carbocycles. The molecule has 0 atom stereocenters. The number of ether oxygens (including phenoxy) is 1. The first-order valence-corrected chi connectivity index (χ1v) is 10.6. The van der Waals surface area contributed by atoms with E-state index in [-0.39, 0.29) is 22.1 Å². The maximum absolute atomic E-state index is 13.0. The van der Waals surface area contributed by atoms with Crippen molar-refractivity contribution in [2.45, 2.75) is 32.6 Å². The van der Waals surface area contributed by atoms with Crippen LogP contribution in [0.15, 0.2) is 41.3 Å². The third-order valence-electron chi connectivity index (χ3n) is 4.92. The van der Waals surface area contributed by atoms with Crippen LogP contribution in [0.25, 0.3) is 0 Å². The second-order valence-corrected chi connectivity index (χ2v) is 8.49. The molecule has 0 saturated heterocycles. The minimum Gasteiger partial charge on any atom is -0.495 e. The molecule has 0 spiro atoms. The molecule has 0 aliphatic heterocycles. The molecule has 0 fully saturated rings. The molecule has 2 aromatic carbocycles. The van der Waals surface area contributed by atoms with Gasteiger partial charge in [0.25, 0.3) is 5.91 Å². The molecule has 2 aromatic rings. The molecule has 1 amide bonds. The molecule has 6 nitrogen and oxygen atoms in total. The summed E-state index contributed by atoms with van der Waals surface area (Å²) in [6.45, 7) is 8.21. The molecule has 0 unspecified atom stereocenters. The molecule has 0 aliphatic rings. The first kappa shape index (κ1) is 21.9. The van der Waals surface area contributed by atoms with Gasteiger partial charge in [0.15, 0.2) is 0 Å². The van der Waals surface area contributed by atoms with Crippen LogP contribution in [0.5, 0.6) is 5.75 Å². The van der Waals surface area contributed by atoms with Crippen LogP contribution in [0.4, 0.5) is 5.69 Å². The SMILES string of the molecule is CCN(CC)S(=O)(=O)c1cc(C(=O)N(C)c2ccc(C)c(C)c2)ccc1OC.